The van der Waals surface area contributed by atoms with E-state index in [1.54, 1.807) is 11.9 Å². The fraction of sp³-hybridized carbons (Fsp3) is 0.632. The number of likely N-dealkylation sites (tertiary alicyclic amines) is 1. The first kappa shape index (κ1) is 41.8. The summed E-state index contributed by atoms with van der Waals surface area (Å²) < 4.78 is 33.6. The monoisotopic (exact) mass is 761 g/mol. The average molecular weight is 762 g/mol. The van der Waals surface area contributed by atoms with Gasteiger partial charge in [-0.05, 0) is 75.2 Å². The van der Waals surface area contributed by atoms with Crippen molar-refractivity contribution >= 4 is 41.0 Å². The minimum Gasteiger partial charge on any atom is -0.481 e. The number of amides is 3. The lowest BCUT2D eigenvalue weighted by atomic mass is 9.95. The highest BCUT2D eigenvalue weighted by Gasteiger charge is 2.38. The topological polar surface area (TPSA) is 158 Å². The Morgan fingerprint density at radius 1 is 1.04 bits per heavy atom. The normalized spacial score (nSPS) is 19.1. The molecule has 15 heteroatoms. The van der Waals surface area contributed by atoms with Crippen molar-refractivity contribution in [2.24, 2.45) is 17.8 Å². The number of nitrogens with zero attached hydrogens (tertiary/aromatic N) is 3. The zero-order chi connectivity index (χ0) is 39.0. The molecule has 0 bridgehead atoms. The number of nitrogens with one attached hydrogen (secondary N) is 2. The molecule has 1 aromatic carbocycles. The standard InChI is InChI=1S/C38H53F2N5O7S/c1-21(2)32(45(6)37(49)29(17-24-10-11-24)42-35(48)31-9-7-8-12-44(31)5)19-33(52-23(4)46)36-43-30(20-53-36)34(47)41-28(13-22(3)38(50)51)16-25-14-26(39)18-27(40)15-25/h14-15,18,20-22,24,28-29,31-33H,7-13,16-17,19H2,1-6H3,(H,41,47)(H,42,48)(H,50,51)/t22-,28+,29-,31+,32+,33+/m0/s1. The van der Waals surface area contributed by atoms with Crippen molar-refractivity contribution in [1.29, 1.82) is 0 Å². The van der Waals surface area contributed by atoms with Crippen molar-refractivity contribution in [3.8, 4) is 0 Å². The van der Waals surface area contributed by atoms with Crippen molar-refractivity contribution in [3.63, 3.8) is 0 Å². The zero-order valence-corrected chi connectivity index (χ0v) is 32.2. The smallest absolute Gasteiger partial charge is 0.306 e. The third-order valence-electron chi connectivity index (χ3n) is 10.2. The Labute approximate surface area is 314 Å². The molecule has 0 spiro atoms. The van der Waals surface area contributed by atoms with Gasteiger partial charge in [0.05, 0.1) is 12.0 Å². The summed E-state index contributed by atoms with van der Waals surface area (Å²) in [5.74, 6) is -4.83. The molecular weight excluding hydrogens is 709 g/mol. The molecule has 1 aliphatic heterocycles. The molecule has 0 unspecified atom stereocenters. The maximum absolute atomic E-state index is 14.1. The number of rotatable bonds is 18. The Morgan fingerprint density at radius 2 is 1.72 bits per heavy atom. The second-order valence-corrected chi connectivity index (χ2v) is 15.9. The number of carbonyl (C=O) groups is 5. The minimum absolute atomic E-state index is 0.00836. The molecule has 53 heavy (non-hydrogen) atoms. The quantitative estimate of drug-likeness (QED) is 0.176. The summed E-state index contributed by atoms with van der Waals surface area (Å²) >= 11 is 1.10. The Morgan fingerprint density at radius 3 is 2.30 bits per heavy atom. The molecule has 2 heterocycles. The van der Waals surface area contributed by atoms with Crippen molar-refractivity contribution in [2.45, 2.75) is 116 Å². The molecule has 6 atom stereocenters. The van der Waals surface area contributed by atoms with E-state index in [-0.39, 0.29) is 54.3 Å². The van der Waals surface area contributed by atoms with Gasteiger partial charge in [-0.25, -0.2) is 13.8 Å². The number of esters is 1. The number of ether oxygens (including phenoxy) is 1. The molecule has 0 radical (unpaired) electrons. The van der Waals surface area contributed by atoms with Gasteiger partial charge >= 0.3 is 11.9 Å². The van der Waals surface area contributed by atoms with E-state index < -0.39 is 59.6 Å². The molecule has 1 aromatic heterocycles. The number of likely N-dealkylation sites (N-methyl/N-ethyl adjacent to an activating group) is 2. The van der Waals surface area contributed by atoms with Crippen LogP contribution in [0.2, 0.25) is 0 Å². The maximum Gasteiger partial charge on any atom is 0.306 e. The number of aliphatic carboxylic acids is 1. The van der Waals surface area contributed by atoms with Crippen LogP contribution in [0.4, 0.5) is 8.78 Å². The first-order valence-electron chi connectivity index (χ1n) is 18.4. The van der Waals surface area contributed by atoms with Crippen LogP contribution in [-0.4, -0.2) is 94.4 Å². The molecule has 12 nitrogen and oxygen atoms in total. The summed E-state index contributed by atoms with van der Waals surface area (Å²) in [6, 6.07) is 0.778. The Hall–Kier alpha value is -3.98. The van der Waals surface area contributed by atoms with E-state index >= 15 is 0 Å². The lowest BCUT2D eigenvalue weighted by Gasteiger charge is -2.37. The van der Waals surface area contributed by atoms with Gasteiger partial charge in [-0.1, -0.05) is 40.0 Å². The van der Waals surface area contributed by atoms with Gasteiger partial charge in [0.15, 0.2) is 6.10 Å². The largest absolute Gasteiger partial charge is 0.481 e. The predicted octanol–water partition coefficient (Wildman–Crippen LogP) is 5.12. The molecule has 2 aromatic rings. The summed E-state index contributed by atoms with van der Waals surface area (Å²) in [5.41, 5.74) is 0.240. The van der Waals surface area contributed by atoms with E-state index in [4.69, 9.17) is 4.74 Å². The van der Waals surface area contributed by atoms with E-state index in [0.29, 0.717) is 17.3 Å². The van der Waals surface area contributed by atoms with Gasteiger partial charge in [0.1, 0.15) is 28.4 Å². The van der Waals surface area contributed by atoms with Crippen LogP contribution in [0.15, 0.2) is 23.6 Å². The summed E-state index contributed by atoms with van der Waals surface area (Å²) in [6.07, 6.45) is 4.53. The summed E-state index contributed by atoms with van der Waals surface area (Å²) in [5, 5.41) is 17.1. The lowest BCUT2D eigenvalue weighted by molar-refractivity contribution is -0.149. The molecule has 1 aliphatic carbocycles. The van der Waals surface area contributed by atoms with E-state index in [1.165, 1.54) is 19.2 Å². The molecule has 292 valence electrons. The van der Waals surface area contributed by atoms with Gasteiger partial charge in [-0.2, -0.15) is 0 Å². The fourth-order valence-corrected chi connectivity index (χ4v) is 7.86. The summed E-state index contributed by atoms with van der Waals surface area (Å²) in [7, 11) is 3.62. The van der Waals surface area contributed by atoms with Crippen LogP contribution in [0.3, 0.4) is 0 Å². The van der Waals surface area contributed by atoms with Crippen molar-refractivity contribution in [3.05, 3.63) is 51.5 Å². The number of carboxylic acid groups (broad SMARTS) is 1. The van der Waals surface area contributed by atoms with Crippen molar-refractivity contribution < 1.29 is 42.6 Å². The highest BCUT2D eigenvalue weighted by molar-refractivity contribution is 7.09. The SMILES string of the molecule is CC(=O)O[C@H](C[C@H](C(C)C)N(C)C(=O)[C@H](CC1CC1)NC(=O)[C@H]1CCCCN1C)c1nc(C(=O)N[C@@H](Cc2cc(F)cc(F)c2)C[C@H](C)C(=O)O)cs1. The molecule has 2 aliphatic rings. The average Bonchev–Trinajstić information content (AvgIpc) is 3.75. The van der Waals surface area contributed by atoms with Gasteiger partial charge in [0, 0.05) is 43.9 Å². The molecule has 3 amide bonds. The van der Waals surface area contributed by atoms with Crippen LogP contribution in [0, 0.1) is 29.4 Å². The fourth-order valence-electron chi connectivity index (χ4n) is 7.02. The van der Waals surface area contributed by atoms with Crippen LogP contribution in [0.25, 0.3) is 0 Å². The number of hydrogen-bond donors (Lipinski definition) is 3. The Balaban J connectivity index is 1.51. The zero-order valence-electron chi connectivity index (χ0n) is 31.4. The summed E-state index contributed by atoms with van der Waals surface area (Å²) in [4.78, 5) is 73.1. The highest BCUT2D eigenvalue weighted by atomic mass is 32.1. The van der Waals surface area contributed by atoms with Gasteiger partial charge in [-0.15, -0.1) is 11.3 Å². The molecule has 1 saturated carbocycles. The first-order chi connectivity index (χ1) is 25.0. The van der Waals surface area contributed by atoms with Crippen LogP contribution in [-0.2, 0) is 30.3 Å². The number of piperidine rings is 1. The van der Waals surface area contributed by atoms with E-state index in [0.717, 1.165) is 68.2 Å². The van der Waals surface area contributed by atoms with Crippen LogP contribution in [0.5, 0.6) is 0 Å². The van der Waals surface area contributed by atoms with E-state index in [1.807, 2.05) is 25.8 Å². The van der Waals surface area contributed by atoms with Gasteiger partial charge in [-0.3, -0.25) is 28.9 Å². The molecular formula is C38H53F2N5O7S. The number of thiazole rings is 1. The number of hydrogen-bond acceptors (Lipinski definition) is 9. The number of benzene rings is 1. The molecule has 2 fully saturated rings. The Bertz CT molecular complexity index is 1600. The predicted molar refractivity (Wildman–Crippen MR) is 195 cm³/mol. The molecule has 3 N–H and O–H groups in total. The summed E-state index contributed by atoms with van der Waals surface area (Å²) in [6.45, 7) is 7.47. The van der Waals surface area contributed by atoms with Crippen molar-refractivity contribution in [1.82, 2.24) is 25.4 Å². The van der Waals surface area contributed by atoms with Crippen LogP contribution in [0.1, 0.15) is 106 Å². The van der Waals surface area contributed by atoms with E-state index in [2.05, 4.69) is 15.6 Å². The van der Waals surface area contributed by atoms with Gasteiger partial charge in [0.2, 0.25) is 11.8 Å². The first-order valence-corrected chi connectivity index (χ1v) is 19.3. The Kier molecular flexibility index (Phi) is 14.9. The molecule has 1 saturated heterocycles. The minimum atomic E-state index is -1.09. The number of aromatic nitrogens is 1. The lowest BCUT2D eigenvalue weighted by Crippen LogP contribution is -2.56. The molecule has 4 rings (SSSR count). The third kappa shape index (κ3) is 12.3. The number of halogens is 2. The highest BCUT2D eigenvalue weighted by Crippen LogP contribution is 2.35. The van der Waals surface area contributed by atoms with Gasteiger partial charge < -0.3 is 25.4 Å². The van der Waals surface area contributed by atoms with Crippen LogP contribution < -0.4 is 10.6 Å². The van der Waals surface area contributed by atoms with E-state index in [9.17, 15) is 37.9 Å². The number of carbonyl (C=O) groups excluding carboxylic acids is 4. The van der Waals surface area contributed by atoms with Gasteiger partial charge in [0.25, 0.3) is 5.91 Å². The van der Waals surface area contributed by atoms with Crippen LogP contribution >= 0.6 is 11.3 Å². The number of carboxylic acids is 1. The second-order valence-electron chi connectivity index (χ2n) is 15.0. The maximum atomic E-state index is 14.1. The van der Waals surface area contributed by atoms with Crippen molar-refractivity contribution in [2.75, 3.05) is 20.6 Å². The second kappa shape index (κ2) is 18.9. The third-order valence-corrected chi connectivity index (χ3v) is 11.1.